The normalized spacial score (nSPS) is 10.8. The van der Waals surface area contributed by atoms with Crippen LogP contribution < -0.4 is 16.0 Å². The Kier molecular flexibility index (Phi) is 5.87. The van der Waals surface area contributed by atoms with Crippen molar-refractivity contribution in [3.8, 4) is 0 Å². The predicted octanol–water partition coefficient (Wildman–Crippen LogP) is 5.82. The van der Waals surface area contributed by atoms with Crippen LogP contribution in [0.15, 0.2) is 48.7 Å². The molecule has 2 heterocycles. The van der Waals surface area contributed by atoms with E-state index >= 15 is 0 Å². The standard InChI is InChI=1S/C24H23N5O2S/c1-13-10-15(3)20(16(4)11-13)27-22(30)17-7-8-18-19(12-17)32-24(26-18)29-23(31)28-21-14(2)6-5-9-25-21/h5-12H,1-4H3,(H,27,30)(H2,25,26,28,29,31). The lowest BCUT2D eigenvalue weighted by atomic mass is 10.0. The van der Waals surface area contributed by atoms with Crippen molar-refractivity contribution >= 4 is 50.1 Å². The zero-order chi connectivity index (χ0) is 22.8. The minimum absolute atomic E-state index is 0.187. The van der Waals surface area contributed by atoms with E-state index in [1.165, 1.54) is 11.3 Å². The van der Waals surface area contributed by atoms with Gasteiger partial charge in [-0.2, -0.15) is 0 Å². The Morgan fingerprint density at radius 1 is 0.875 bits per heavy atom. The average molecular weight is 446 g/mol. The second kappa shape index (κ2) is 8.76. The molecule has 4 rings (SSSR count). The molecule has 3 amide bonds. The summed E-state index contributed by atoms with van der Waals surface area (Å²) in [5, 5.41) is 8.90. The molecule has 0 aliphatic heterocycles. The number of hydrogen-bond donors (Lipinski definition) is 3. The fourth-order valence-corrected chi connectivity index (χ4v) is 4.43. The summed E-state index contributed by atoms with van der Waals surface area (Å²) in [6.07, 6.45) is 1.62. The summed E-state index contributed by atoms with van der Waals surface area (Å²) in [6.45, 7) is 7.87. The highest BCUT2D eigenvalue weighted by atomic mass is 32.1. The molecule has 4 aromatic rings. The van der Waals surface area contributed by atoms with Crippen molar-refractivity contribution in [3.05, 3.63) is 76.5 Å². The van der Waals surface area contributed by atoms with Gasteiger partial charge in [0.1, 0.15) is 5.82 Å². The first-order valence-corrected chi connectivity index (χ1v) is 10.9. The molecular formula is C24H23N5O2S. The quantitative estimate of drug-likeness (QED) is 0.369. The second-order valence-corrected chi connectivity index (χ2v) is 8.71. The molecule has 8 heteroatoms. The third kappa shape index (κ3) is 4.60. The highest BCUT2D eigenvalue weighted by molar-refractivity contribution is 7.22. The Morgan fingerprint density at radius 3 is 2.34 bits per heavy atom. The molecule has 0 spiro atoms. The number of carbonyl (C=O) groups excluding carboxylic acids is 2. The van der Waals surface area contributed by atoms with Crippen LogP contribution in [-0.4, -0.2) is 21.9 Å². The van der Waals surface area contributed by atoms with E-state index in [2.05, 4.69) is 25.9 Å². The lowest BCUT2D eigenvalue weighted by Gasteiger charge is -2.12. The molecule has 2 aromatic heterocycles. The van der Waals surface area contributed by atoms with Crippen molar-refractivity contribution < 1.29 is 9.59 Å². The van der Waals surface area contributed by atoms with Crippen LogP contribution in [-0.2, 0) is 0 Å². The summed E-state index contributed by atoms with van der Waals surface area (Å²) >= 11 is 1.30. The summed E-state index contributed by atoms with van der Waals surface area (Å²) in [7, 11) is 0. The number of anilines is 3. The Balaban J connectivity index is 1.50. The van der Waals surface area contributed by atoms with E-state index in [1.807, 2.05) is 45.9 Å². The lowest BCUT2D eigenvalue weighted by Crippen LogP contribution is -2.20. The summed E-state index contributed by atoms with van der Waals surface area (Å²) in [6, 6.07) is 12.6. The third-order valence-electron chi connectivity index (χ3n) is 5.03. The fourth-order valence-electron chi connectivity index (χ4n) is 3.53. The van der Waals surface area contributed by atoms with Crippen LogP contribution in [0.3, 0.4) is 0 Å². The first-order chi connectivity index (χ1) is 15.3. The van der Waals surface area contributed by atoms with Gasteiger partial charge in [0.25, 0.3) is 5.91 Å². The molecule has 2 aromatic carbocycles. The van der Waals surface area contributed by atoms with Gasteiger partial charge >= 0.3 is 6.03 Å². The Hall–Kier alpha value is -3.78. The number of carbonyl (C=O) groups is 2. The van der Waals surface area contributed by atoms with Crippen molar-refractivity contribution in [1.82, 2.24) is 9.97 Å². The molecule has 0 unspecified atom stereocenters. The summed E-state index contributed by atoms with van der Waals surface area (Å²) in [5.74, 6) is 0.306. The fraction of sp³-hybridized carbons (Fsp3) is 0.167. The van der Waals surface area contributed by atoms with Gasteiger partial charge in [-0.25, -0.2) is 14.8 Å². The van der Waals surface area contributed by atoms with E-state index < -0.39 is 6.03 Å². The largest absolute Gasteiger partial charge is 0.326 e. The molecule has 0 aliphatic carbocycles. The number of hydrogen-bond acceptors (Lipinski definition) is 5. The molecule has 32 heavy (non-hydrogen) atoms. The van der Waals surface area contributed by atoms with E-state index in [4.69, 9.17) is 0 Å². The Bertz CT molecular complexity index is 1320. The number of amides is 3. The molecule has 3 N–H and O–H groups in total. The number of nitrogens with zero attached hydrogens (tertiary/aromatic N) is 2. The van der Waals surface area contributed by atoms with Crippen LogP contribution >= 0.6 is 11.3 Å². The maximum atomic E-state index is 12.9. The van der Waals surface area contributed by atoms with Gasteiger partial charge in [-0.15, -0.1) is 0 Å². The van der Waals surface area contributed by atoms with Crippen molar-refractivity contribution in [2.24, 2.45) is 0 Å². The topological polar surface area (TPSA) is 96.0 Å². The van der Waals surface area contributed by atoms with Crippen LogP contribution in [0.25, 0.3) is 10.2 Å². The zero-order valence-corrected chi connectivity index (χ0v) is 19.1. The van der Waals surface area contributed by atoms with Crippen molar-refractivity contribution in [1.29, 1.82) is 0 Å². The molecule has 0 atom stereocenters. The van der Waals surface area contributed by atoms with E-state index in [1.54, 1.807) is 30.5 Å². The van der Waals surface area contributed by atoms with Gasteiger partial charge in [-0.3, -0.25) is 15.4 Å². The van der Waals surface area contributed by atoms with Crippen molar-refractivity contribution in [2.45, 2.75) is 27.7 Å². The minimum atomic E-state index is -0.422. The van der Waals surface area contributed by atoms with Crippen LogP contribution in [0, 0.1) is 27.7 Å². The van der Waals surface area contributed by atoms with Gasteiger partial charge in [0, 0.05) is 17.4 Å². The van der Waals surface area contributed by atoms with Crippen LogP contribution in [0.1, 0.15) is 32.6 Å². The van der Waals surface area contributed by atoms with Crippen LogP contribution in [0.5, 0.6) is 0 Å². The number of aryl methyl sites for hydroxylation is 4. The van der Waals surface area contributed by atoms with Gasteiger partial charge in [0.05, 0.1) is 10.2 Å². The second-order valence-electron chi connectivity index (χ2n) is 7.68. The molecule has 0 saturated heterocycles. The average Bonchev–Trinajstić information content (AvgIpc) is 3.13. The summed E-state index contributed by atoms with van der Waals surface area (Å²) in [4.78, 5) is 33.8. The number of aromatic nitrogens is 2. The molecule has 0 aliphatic rings. The lowest BCUT2D eigenvalue weighted by molar-refractivity contribution is 0.102. The van der Waals surface area contributed by atoms with Crippen LogP contribution in [0.2, 0.25) is 0 Å². The highest BCUT2D eigenvalue weighted by Gasteiger charge is 2.14. The van der Waals surface area contributed by atoms with Gasteiger partial charge in [-0.1, -0.05) is 35.1 Å². The number of rotatable bonds is 4. The minimum Gasteiger partial charge on any atom is -0.322 e. The number of nitrogens with one attached hydrogen (secondary N) is 3. The molecule has 0 bridgehead atoms. The van der Waals surface area contributed by atoms with Crippen molar-refractivity contribution in [3.63, 3.8) is 0 Å². The maximum absolute atomic E-state index is 12.9. The third-order valence-corrected chi connectivity index (χ3v) is 5.96. The summed E-state index contributed by atoms with van der Waals surface area (Å²) < 4.78 is 0.805. The van der Waals surface area contributed by atoms with Gasteiger partial charge in [0.15, 0.2) is 5.13 Å². The Labute approximate surface area is 189 Å². The van der Waals surface area contributed by atoms with E-state index in [0.717, 1.165) is 32.6 Å². The summed E-state index contributed by atoms with van der Waals surface area (Å²) in [5.41, 5.74) is 6.13. The highest BCUT2D eigenvalue weighted by Crippen LogP contribution is 2.28. The Morgan fingerprint density at radius 2 is 1.62 bits per heavy atom. The smallest absolute Gasteiger partial charge is 0.322 e. The molecule has 0 saturated carbocycles. The van der Waals surface area contributed by atoms with Crippen LogP contribution in [0.4, 0.5) is 21.4 Å². The van der Waals surface area contributed by atoms with E-state index in [0.29, 0.717) is 22.0 Å². The molecule has 0 radical (unpaired) electrons. The number of benzene rings is 2. The number of pyridine rings is 1. The van der Waals surface area contributed by atoms with Gasteiger partial charge < -0.3 is 5.32 Å². The molecule has 0 fully saturated rings. The first-order valence-electron chi connectivity index (χ1n) is 10.1. The predicted molar refractivity (Wildman–Crippen MR) is 130 cm³/mol. The first kappa shape index (κ1) is 21.5. The maximum Gasteiger partial charge on any atom is 0.326 e. The van der Waals surface area contributed by atoms with Gasteiger partial charge in [0.2, 0.25) is 0 Å². The molecule has 162 valence electrons. The SMILES string of the molecule is Cc1cc(C)c(NC(=O)c2ccc3nc(NC(=O)Nc4ncccc4C)sc3c2)c(C)c1. The number of fused-ring (bicyclic) bond motifs is 1. The zero-order valence-electron chi connectivity index (χ0n) is 18.2. The molecule has 7 nitrogen and oxygen atoms in total. The monoisotopic (exact) mass is 445 g/mol. The van der Waals surface area contributed by atoms with E-state index in [9.17, 15) is 9.59 Å². The number of thiazole rings is 1. The van der Waals surface area contributed by atoms with Crippen molar-refractivity contribution in [2.75, 3.05) is 16.0 Å². The number of urea groups is 1. The molecular weight excluding hydrogens is 422 g/mol. The van der Waals surface area contributed by atoms with E-state index in [-0.39, 0.29) is 5.91 Å². The van der Waals surface area contributed by atoms with Gasteiger partial charge in [-0.05, 0) is 68.7 Å².